The monoisotopic (exact) mass is 204 g/mol. The van der Waals surface area contributed by atoms with Crippen molar-refractivity contribution < 1.29 is 0 Å². The van der Waals surface area contributed by atoms with Crippen molar-refractivity contribution in [2.75, 3.05) is 0 Å². The molecule has 0 aliphatic rings. The Bertz CT molecular complexity index is 465. The molecule has 14 heavy (non-hydrogen) atoms. The van der Waals surface area contributed by atoms with Crippen LogP contribution in [0.4, 0.5) is 0 Å². The molecule has 1 aromatic heterocycles. The number of aromatic amines is 2. The normalized spacial score (nSPS) is 10.4. The van der Waals surface area contributed by atoms with Gasteiger partial charge in [-0.15, -0.1) is 0 Å². The summed E-state index contributed by atoms with van der Waals surface area (Å²) >= 11 is 4.97. The topological polar surface area (TPSA) is 31.6 Å². The van der Waals surface area contributed by atoms with E-state index in [-0.39, 0.29) is 0 Å². The lowest BCUT2D eigenvalue weighted by Crippen LogP contribution is -1.81. The first-order valence-corrected chi connectivity index (χ1v) is 5.07. The van der Waals surface area contributed by atoms with Gasteiger partial charge in [-0.2, -0.15) is 0 Å². The quantitative estimate of drug-likeness (QED) is 0.723. The minimum Gasteiger partial charge on any atom is -0.337 e. The van der Waals surface area contributed by atoms with Crippen LogP contribution in [-0.2, 0) is 6.42 Å². The zero-order valence-corrected chi connectivity index (χ0v) is 8.82. The summed E-state index contributed by atoms with van der Waals surface area (Å²) in [7, 11) is 0. The van der Waals surface area contributed by atoms with Crippen LogP contribution in [0, 0.1) is 4.77 Å². The molecule has 2 nitrogen and oxygen atoms in total. The number of imidazole rings is 1. The number of nitrogens with one attached hydrogen (secondary N) is 2. The highest BCUT2D eigenvalue weighted by molar-refractivity contribution is 7.71. The summed E-state index contributed by atoms with van der Waals surface area (Å²) in [5, 5.41) is 0. The molecule has 1 aromatic carbocycles. The van der Waals surface area contributed by atoms with E-state index in [4.69, 9.17) is 12.2 Å². The van der Waals surface area contributed by atoms with Crippen LogP contribution in [-0.4, -0.2) is 9.97 Å². The third-order valence-corrected chi connectivity index (χ3v) is 2.49. The molecule has 72 valence electrons. The van der Waals surface area contributed by atoms with Gasteiger partial charge in [-0.05, 0) is 29.8 Å². The molecule has 0 radical (unpaired) electrons. The van der Waals surface area contributed by atoms with E-state index in [0.29, 0.717) is 4.77 Å². The van der Waals surface area contributed by atoms with Gasteiger partial charge in [0, 0.05) is 6.20 Å². The third-order valence-electron chi connectivity index (χ3n) is 2.27. The molecular weight excluding hydrogens is 192 g/mol. The van der Waals surface area contributed by atoms with Crippen molar-refractivity contribution in [2.24, 2.45) is 0 Å². The number of hydrogen-bond donors (Lipinski definition) is 2. The Labute approximate surface area is 88.0 Å². The number of aryl methyl sites for hydroxylation is 1. The molecule has 3 heteroatoms. The van der Waals surface area contributed by atoms with Gasteiger partial charge in [0.05, 0.1) is 5.69 Å². The van der Waals surface area contributed by atoms with Gasteiger partial charge in [0.2, 0.25) is 0 Å². The first kappa shape index (κ1) is 9.21. The molecule has 0 unspecified atom stereocenters. The standard InChI is InChI=1S/C11H12N2S/c1-2-8-3-5-9(6-4-8)10-7-12-11(14)13-10/h3-7H,2H2,1H3,(H2,12,13,14). The molecule has 0 saturated carbocycles. The summed E-state index contributed by atoms with van der Waals surface area (Å²) in [6, 6.07) is 8.49. The van der Waals surface area contributed by atoms with Crippen molar-refractivity contribution in [3.8, 4) is 11.3 Å². The van der Waals surface area contributed by atoms with Crippen LogP contribution in [0.15, 0.2) is 30.5 Å². The molecule has 2 aromatic rings. The lowest BCUT2D eigenvalue weighted by atomic mass is 10.1. The van der Waals surface area contributed by atoms with E-state index >= 15 is 0 Å². The molecule has 0 fully saturated rings. The van der Waals surface area contributed by atoms with E-state index in [1.807, 2.05) is 6.20 Å². The first-order chi connectivity index (χ1) is 6.79. The van der Waals surface area contributed by atoms with Crippen molar-refractivity contribution in [2.45, 2.75) is 13.3 Å². The molecule has 0 aliphatic heterocycles. The second-order valence-electron chi connectivity index (χ2n) is 3.21. The van der Waals surface area contributed by atoms with Crippen molar-refractivity contribution >= 4 is 12.2 Å². The maximum atomic E-state index is 4.97. The predicted molar refractivity (Wildman–Crippen MR) is 60.8 cm³/mol. The highest BCUT2D eigenvalue weighted by atomic mass is 32.1. The molecule has 0 bridgehead atoms. The van der Waals surface area contributed by atoms with Gasteiger partial charge in [0.25, 0.3) is 0 Å². The number of hydrogen-bond acceptors (Lipinski definition) is 1. The molecule has 0 atom stereocenters. The number of H-pyrrole nitrogens is 2. The van der Waals surface area contributed by atoms with Gasteiger partial charge in [-0.25, -0.2) is 0 Å². The number of rotatable bonds is 2. The summed E-state index contributed by atoms with van der Waals surface area (Å²) in [4.78, 5) is 6.04. The summed E-state index contributed by atoms with van der Waals surface area (Å²) in [6.07, 6.45) is 2.96. The molecule has 0 saturated heterocycles. The largest absolute Gasteiger partial charge is 0.337 e. The summed E-state index contributed by atoms with van der Waals surface area (Å²) in [5.41, 5.74) is 3.55. The van der Waals surface area contributed by atoms with Crippen LogP contribution in [0.1, 0.15) is 12.5 Å². The van der Waals surface area contributed by atoms with Crippen LogP contribution in [0.3, 0.4) is 0 Å². The van der Waals surface area contributed by atoms with Crippen molar-refractivity contribution in [1.82, 2.24) is 9.97 Å². The van der Waals surface area contributed by atoms with Crippen molar-refractivity contribution in [3.05, 3.63) is 40.8 Å². The highest BCUT2D eigenvalue weighted by Crippen LogP contribution is 2.16. The van der Waals surface area contributed by atoms with Crippen LogP contribution in [0.2, 0.25) is 0 Å². The van der Waals surface area contributed by atoms with E-state index < -0.39 is 0 Å². The number of benzene rings is 1. The van der Waals surface area contributed by atoms with Crippen molar-refractivity contribution in [1.29, 1.82) is 0 Å². The Morgan fingerprint density at radius 1 is 1.21 bits per heavy atom. The summed E-state index contributed by atoms with van der Waals surface area (Å²) in [5.74, 6) is 0. The van der Waals surface area contributed by atoms with Crippen molar-refractivity contribution in [3.63, 3.8) is 0 Å². The highest BCUT2D eigenvalue weighted by Gasteiger charge is 1.97. The molecular formula is C11H12N2S. The fraction of sp³-hybridized carbons (Fsp3) is 0.182. The summed E-state index contributed by atoms with van der Waals surface area (Å²) in [6.45, 7) is 2.15. The zero-order chi connectivity index (χ0) is 9.97. The van der Waals surface area contributed by atoms with Crippen LogP contribution < -0.4 is 0 Å². The molecule has 1 heterocycles. The van der Waals surface area contributed by atoms with E-state index in [0.717, 1.165) is 17.7 Å². The lowest BCUT2D eigenvalue weighted by Gasteiger charge is -1.99. The van der Waals surface area contributed by atoms with Crippen LogP contribution in [0.5, 0.6) is 0 Å². The van der Waals surface area contributed by atoms with E-state index in [9.17, 15) is 0 Å². The average molecular weight is 204 g/mol. The van der Waals surface area contributed by atoms with Gasteiger partial charge in [-0.1, -0.05) is 31.2 Å². The average Bonchev–Trinajstić information content (AvgIpc) is 2.65. The van der Waals surface area contributed by atoms with Gasteiger partial charge < -0.3 is 9.97 Å². The minimum atomic E-state index is 0.666. The maximum absolute atomic E-state index is 4.97. The minimum absolute atomic E-state index is 0.666. The van der Waals surface area contributed by atoms with Gasteiger partial charge in [0.1, 0.15) is 0 Å². The molecule has 2 rings (SSSR count). The molecule has 0 aliphatic carbocycles. The second-order valence-corrected chi connectivity index (χ2v) is 3.62. The van der Waals surface area contributed by atoms with Crippen LogP contribution >= 0.6 is 12.2 Å². The summed E-state index contributed by atoms with van der Waals surface area (Å²) < 4.78 is 0.666. The predicted octanol–water partition coefficient (Wildman–Crippen LogP) is 3.30. The third kappa shape index (κ3) is 1.77. The first-order valence-electron chi connectivity index (χ1n) is 4.66. The Hall–Kier alpha value is -1.35. The Balaban J connectivity index is 2.38. The molecule has 0 amide bonds. The van der Waals surface area contributed by atoms with E-state index in [1.54, 1.807) is 0 Å². The van der Waals surface area contributed by atoms with Gasteiger partial charge in [0.15, 0.2) is 4.77 Å². The Morgan fingerprint density at radius 2 is 1.93 bits per heavy atom. The zero-order valence-electron chi connectivity index (χ0n) is 8.00. The van der Waals surface area contributed by atoms with Gasteiger partial charge >= 0.3 is 0 Å². The van der Waals surface area contributed by atoms with Crippen LogP contribution in [0.25, 0.3) is 11.3 Å². The maximum Gasteiger partial charge on any atom is 0.174 e. The lowest BCUT2D eigenvalue weighted by molar-refractivity contribution is 1.14. The molecule has 0 spiro atoms. The Kier molecular flexibility index (Phi) is 2.50. The fourth-order valence-corrected chi connectivity index (χ4v) is 1.58. The van der Waals surface area contributed by atoms with E-state index in [2.05, 4.69) is 41.2 Å². The Morgan fingerprint density at radius 3 is 2.43 bits per heavy atom. The van der Waals surface area contributed by atoms with Gasteiger partial charge in [-0.3, -0.25) is 0 Å². The van der Waals surface area contributed by atoms with E-state index in [1.165, 1.54) is 5.56 Å². The number of aromatic nitrogens is 2. The molecule has 2 N–H and O–H groups in total. The fourth-order valence-electron chi connectivity index (χ4n) is 1.41. The SMILES string of the molecule is CCc1ccc(-c2c[nH]c(=S)[nH]2)cc1. The smallest absolute Gasteiger partial charge is 0.174 e. The second kappa shape index (κ2) is 3.80.